The summed E-state index contributed by atoms with van der Waals surface area (Å²) >= 11 is 0. The average Bonchev–Trinajstić information content (AvgIpc) is 3.19. The van der Waals surface area contributed by atoms with Gasteiger partial charge in [-0.3, -0.25) is 0 Å². The van der Waals surface area contributed by atoms with Crippen molar-refractivity contribution in [1.82, 2.24) is 19.7 Å². The maximum absolute atomic E-state index is 5.72. The molecule has 3 aromatic heterocycles. The molecule has 1 saturated heterocycles. The number of fused-ring (bicyclic) bond motifs is 3. The Balaban J connectivity index is 1.38. The third-order valence-corrected chi connectivity index (χ3v) is 5.28. The standard InChI is InChI=1S/C20H21N5O2/c1-26-16-6-9-24(10-7-16)18-5-4-15(11-22-18)25-12-14-13-27-20-17(19(14)23-25)3-2-8-21-20/h2-5,8,11-12,16H,6-7,9-10,13H2,1H3. The first-order valence-electron chi connectivity index (χ1n) is 9.23. The number of rotatable bonds is 3. The fourth-order valence-corrected chi connectivity index (χ4v) is 3.73. The van der Waals surface area contributed by atoms with Crippen LogP contribution in [0.1, 0.15) is 18.4 Å². The highest BCUT2D eigenvalue weighted by Gasteiger charge is 2.23. The number of anilines is 1. The Bertz CT molecular complexity index is 945. The number of pyridine rings is 2. The summed E-state index contributed by atoms with van der Waals surface area (Å²) in [6, 6.07) is 8.02. The summed E-state index contributed by atoms with van der Waals surface area (Å²) in [7, 11) is 1.79. The predicted molar refractivity (Wildman–Crippen MR) is 101 cm³/mol. The van der Waals surface area contributed by atoms with E-state index in [1.165, 1.54) is 0 Å². The molecule has 2 aliphatic rings. The van der Waals surface area contributed by atoms with E-state index in [9.17, 15) is 0 Å². The van der Waals surface area contributed by atoms with E-state index in [0.717, 1.165) is 54.3 Å². The number of ether oxygens (including phenoxy) is 2. The quantitative estimate of drug-likeness (QED) is 0.713. The normalized spacial score (nSPS) is 16.6. The second-order valence-corrected chi connectivity index (χ2v) is 6.89. The Labute approximate surface area is 157 Å². The van der Waals surface area contributed by atoms with E-state index in [-0.39, 0.29) is 0 Å². The molecule has 0 aromatic carbocycles. The maximum atomic E-state index is 5.72. The summed E-state index contributed by atoms with van der Waals surface area (Å²) in [6.45, 7) is 2.43. The summed E-state index contributed by atoms with van der Waals surface area (Å²) in [4.78, 5) is 11.2. The van der Waals surface area contributed by atoms with Gasteiger partial charge in [0.05, 0.1) is 23.6 Å². The molecular weight excluding hydrogens is 342 g/mol. The van der Waals surface area contributed by atoms with E-state index < -0.39 is 0 Å². The van der Waals surface area contributed by atoms with Crippen LogP contribution in [0, 0.1) is 0 Å². The van der Waals surface area contributed by atoms with Gasteiger partial charge in [0.25, 0.3) is 0 Å². The summed E-state index contributed by atoms with van der Waals surface area (Å²) < 4.78 is 13.0. The minimum absolute atomic E-state index is 0.371. The number of hydrogen-bond acceptors (Lipinski definition) is 6. The first-order valence-corrected chi connectivity index (χ1v) is 9.23. The van der Waals surface area contributed by atoms with Gasteiger partial charge >= 0.3 is 0 Å². The van der Waals surface area contributed by atoms with E-state index in [1.54, 1.807) is 13.3 Å². The lowest BCUT2D eigenvalue weighted by Gasteiger charge is -2.32. The molecule has 5 rings (SSSR count). The van der Waals surface area contributed by atoms with Gasteiger partial charge in [-0.05, 0) is 37.1 Å². The van der Waals surface area contributed by atoms with E-state index in [0.29, 0.717) is 18.6 Å². The van der Waals surface area contributed by atoms with Crippen molar-refractivity contribution in [1.29, 1.82) is 0 Å². The van der Waals surface area contributed by atoms with Crippen LogP contribution in [0.5, 0.6) is 5.88 Å². The lowest BCUT2D eigenvalue weighted by molar-refractivity contribution is 0.0818. The number of hydrogen-bond donors (Lipinski definition) is 0. The minimum Gasteiger partial charge on any atom is -0.472 e. The molecule has 0 unspecified atom stereocenters. The monoisotopic (exact) mass is 363 g/mol. The Kier molecular flexibility index (Phi) is 4.01. The molecule has 0 spiro atoms. The molecule has 0 saturated carbocycles. The Morgan fingerprint density at radius 3 is 2.81 bits per heavy atom. The molecule has 0 atom stereocenters. The number of methoxy groups -OCH3 is 1. The maximum Gasteiger partial charge on any atom is 0.223 e. The van der Waals surface area contributed by atoms with Gasteiger partial charge in [-0.2, -0.15) is 5.10 Å². The van der Waals surface area contributed by atoms with Crippen LogP contribution in [0.3, 0.4) is 0 Å². The second-order valence-electron chi connectivity index (χ2n) is 6.89. The van der Waals surface area contributed by atoms with Crippen molar-refractivity contribution in [3.8, 4) is 22.8 Å². The molecule has 0 radical (unpaired) electrons. The zero-order chi connectivity index (χ0) is 18.2. The lowest BCUT2D eigenvalue weighted by Crippen LogP contribution is -2.37. The third kappa shape index (κ3) is 2.94. The van der Waals surface area contributed by atoms with Crippen LogP contribution in [0.4, 0.5) is 5.82 Å². The van der Waals surface area contributed by atoms with Crippen molar-refractivity contribution in [2.75, 3.05) is 25.1 Å². The van der Waals surface area contributed by atoms with E-state index >= 15 is 0 Å². The average molecular weight is 363 g/mol. The first kappa shape index (κ1) is 16.3. The Morgan fingerprint density at radius 1 is 1.15 bits per heavy atom. The summed E-state index contributed by atoms with van der Waals surface area (Å²) in [5.41, 5.74) is 3.85. The zero-order valence-electron chi connectivity index (χ0n) is 15.2. The Morgan fingerprint density at radius 2 is 2.04 bits per heavy atom. The van der Waals surface area contributed by atoms with E-state index in [4.69, 9.17) is 14.6 Å². The number of aromatic nitrogens is 4. The predicted octanol–water partition coefficient (Wildman–Crippen LogP) is 2.84. The van der Waals surface area contributed by atoms with Crippen molar-refractivity contribution in [3.05, 3.63) is 48.4 Å². The van der Waals surface area contributed by atoms with Crippen LogP contribution in [-0.4, -0.2) is 46.1 Å². The van der Waals surface area contributed by atoms with Gasteiger partial charge in [0, 0.05) is 38.2 Å². The molecule has 3 aromatic rings. The van der Waals surface area contributed by atoms with Crippen molar-refractivity contribution < 1.29 is 9.47 Å². The summed E-state index contributed by atoms with van der Waals surface area (Å²) in [6.07, 6.45) is 8.07. The van der Waals surface area contributed by atoms with Gasteiger partial charge in [-0.25, -0.2) is 14.6 Å². The highest BCUT2D eigenvalue weighted by molar-refractivity contribution is 5.69. The van der Waals surface area contributed by atoms with E-state index in [2.05, 4.69) is 27.0 Å². The zero-order valence-corrected chi connectivity index (χ0v) is 15.2. The fraction of sp³-hybridized carbons (Fsp3) is 0.350. The van der Waals surface area contributed by atoms with Gasteiger partial charge in [0.1, 0.15) is 18.1 Å². The molecule has 0 N–H and O–H groups in total. The smallest absolute Gasteiger partial charge is 0.223 e. The van der Waals surface area contributed by atoms with Gasteiger partial charge in [0.2, 0.25) is 5.88 Å². The molecule has 0 bridgehead atoms. The molecule has 138 valence electrons. The third-order valence-electron chi connectivity index (χ3n) is 5.28. The molecule has 0 aliphatic carbocycles. The highest BCUT2D eigenvalue weighted by atomic mass is 16.5. The lowest BCUT2D eigenvalue weighted by atomic mass is 10.1. The van der Waals surface area contributed by atoms with Gasteiger partial charge < -0.3 is 14.4 Å². The largest absolute Gasteiger partial charge is 0.472 e. The molecule has 2 aliphatic heterocycles. The van der Waals surface area contributed by atoms with Crippen molar-refractivity contribution in [2.45, 2.75) is 25.6 Å². The summed E-state index contributed by atoms with van der Waals surface area (Å²) in [5, 5.41) is 4.75. The van der Waals surface area contributed by atoms with Gasteiger partial charge in [-0.15, -0.1) is 0 Å². The van der Waals surface area contributed by atoms with Crippen LogP contribution < -0.4 is 9.64 Å². The first-order chi connectivity index (χ1) is 13.3. The SMILES string of the molecule is COC1CCN(c2ccc(-n3cc4c(n3)-c3cccnc3OC4)cn2)CC1. The van der Waals surface area contributed by atoms with Gasteiger partial charge in [-0.1, -0.05) is 0 Å². The van der Waals surface area contributed by atoms with Crippen molar-refractivity contribution in [2.24, 2.45) is 0 Å². The van der Waals surface area contributed by atoms with Crippen LogP contribution in [0.15, 0.2) is 42.9 Å². The van der Waals surface area contributed by atoms with Crippen LogP contribution >= 0.6 is 0 Å². The number of nitrogens with zero attached hydrogens (tertiary/aromatic N) is 5. The second kappa shape index (κ2) is 6.66. The molecule has 5 heterocycles. The highest BCUT2D eigenvalue weighted by Crippen LogP contribution is 2.34. The molecule has 27 heavy (non-hydrogen) atoms. The molecule has 7 nitrogen and oxygen atoms in total. The minimum atomic E-state index is 0.371. The van der Waals surface area contributed by atoms with Crippen LogP contribution in [0.2, 0.25) is 0 Å². The molecule has 7 heteroatoms. The van der Waals surface area contributed by atoms with E-state index in [1.807, 2.05) is 29.2 Å². The van der Waals surface area contributed by atoms with Crippen molar-refractivity contribution >= 4 is 5.82 Å². The van der Waals surface area contributed by atoms with Crippen LogP contribution in [0.25, 0.3) is 16.9 Å². The topological polar surface area (TPSA) is 65.3 Å². The van der Waals surface area contributed by atoms with Crippen molar-refractivity contribution in [3.63, 3.8) is 0 Å². The molecule has 0 amide bonds. The molecular formula is C20H21N5O2. The van der Waals surface area contributed by atoms with Crippen LogP contribution in [-0.2, 0) is 11.3 Å². The number of piperidine rings is 1. The fourth-order valence-electron chi connectivity index (χ4n) is 3.73. The molecule has 1 fully saturated rings. The summed E-state index contributed by atoms with van der Waals surface area (Å²) in [5.74, 6) is 1.64. The Hall–Kier alpha value is -2.93. The van der Waals surface area contributed by atoms with Gasteiger partial charge in [0.15, 0.2) is 0 Å².